The van der Waals surface area contributed by atoms with E-state index in [1.807, 2.05) is 0 Å². The van der Waals surface area contributed by atoms with Crippen LogP contribution < -0.4 is 10.1 Å². The highest BCUT2D eigenvalue weighted by Crippen LogP contribution is 2.34. The first-order valence-corrected chi connectivity index (χ1v) is 7.18. The summed E-state index contributed by atoms with van der Waals surface area (Å²) in [7, 11) is 0. The zero-order valence-corrected chi connectivity index (χ0v) is 11.7. The third kappa shape index (κ3) is 3.63. The van der Waals surface area contributed by atoms with Crippen molar-refractivity contribution in [2.24, 2.45) is 0 Å². The Morgan fingerprint density at radius 1 is 1.24 bits per heavy atom. The lowest BCUT2D eigenvalue weighted by Gasteiger charge is -2.37. The van der Waals surface area contributed by atoms with Gasteiger partial charge in [-0.15, -0.1) is 0 Å². The molecule has 21 heavy (non-hydrogen) atoms. The Morgan fingerprint density at radius 3 is 2.71 bits per heavy atom. The molecule has 6 heteroatoms. The van der Waals surface area contributed by atoms with E-state index in [1.165, 1.54) is 0 Å². The van der Waals surface area contributed by atoms with E-state index in [9.17, 15) is 8.78 Å². The molecule has 2 atom stereocenters. The molecule has 4 nitrogen and oxygen atoms in total. The minimum absolute atomic E-state index is 0.144. The summed E-state index contributed by atoms with van der Waals surface area (Å²) in [5.74, 6) is 0.170. The number of ether oxygens (including phenoxy) is 3. The number of hydrogen-bond donors (Lipinski definition) is 1. The molecule has 0 saturated carbocycles. The molecule has 2 unspecified atom stereocenters. The predicted molar refractivity (Wildman–Crippen MR) is 73.8 cm³/mol. The molecule has 2 heterocycles. The van der Waals surface area contributed by atoms with Crippen LogP contribution in [0.3, 0.4) is 0 Å². The average Bonchev–Trinajstić information content (AvgIpc) is 2.88. The maximum absolute atomic E-state index is 12.1. The van der Waals surface area contributed by atoms with Gasteiger partial charge in [-0.05, 0) is 37.1 Å². The number of hydrogen-bond acceptors (Lipinski definition) is 4. The minimum atomic E-state index is -2.79. The lowest BCUT2D eigenvalue weighted by atomic mass is 9.89. The van der Waals surface area contributed by atoms with Crippen LogP contribution in [-0.4, -0.2) is 38.1 Å². The van der Waals surface area contributed by atoms with Crippen LogP contribution >= 0.6 is 0 Å². The number of rotatable bonds is 4. The summed E-state index contributed by atoms with van der Waals surface area (Å²) in [6.45, 7) is -0.659. The van der Waals surface area contributed by atoms with Gasteiger partial charge in [-0.1, -0.05) is 0 Å². The number of halogens is 2. The van der Waals surface area contributed by atoms with Gasteiger partial charge >= 0.3 is 6.61 Å². The van der Waals surface area contributed by atoms with Gasteiger partial charge in [-0.3, -0.25) is 0 Å². The minimum Gasteiger partial charge on any atom is -0.435 e. The second-order valence-electron chi connectivity index (χ2n) is 5.57. The Labute approximate surface area is 122 Å². The molecule has 116 valence electrons. The van der Waals surface area contributed by atoms with Gasteiger partial charge in [0.25, 0.3) is 0 Å². The Kier molecular flexibility index (Phi) is 4.26. The zero-order chi connectivity index (χ0) is 14.7. The molecule has 0 aliphatic carbocycles. The topological polar surface area (TPSA) is 39.7 Å². The smallest absolute Gasteiger partial charge is 0.387 e. The maximum Gasteiger partial charge on any atom is 0.387 e. The second-order valence-corrected chi connectivity index (χ2v) is 5.57. The summed E-state index contributed by atoms with van der Waals surface area (Å²) < 4.78 is 39.9. The van der Waals surface area contributed by atoms with Crippen molar-refractivity contribution in [3.8, 4) is 5.75 Å². The van der Waals surface area contributed by atoms with Crippen LogP contribution in [0.2, 0.25) is 0 Å². The molecule has 0 bridgehead atoms. The summed E-state index contributed by atoms with van der Waals surface area (Å²) >= 11 is 0. The first-order chi connectivity index (χ1) is 10.2. The normalized spacial score (nSPS) is 29.0. The van der Waals surface area contributed by atoms with E-state index in [1.54, 1.807) is 24.3 Å². The van der Waals surface area contributed by atoms with E-state index in [4.69, 9.17) is 9.47 Å². The molecule has 1 aromatic carbocycles. The molecule has 1 spiro atoms. The van der Waals surface area contributed by atoms with E-state index in [0.717, 1.165) is 31.6 Å². The van der Waals surface area contributed by atoms with Crippen LogP contribution in [0.1, 0.15) is 19.3 Å². The molecule has 2 fully saturated rings. The third-order valence-corrected chi connectivity index (χ3v) is 4.01. The molecule has 0 radical (unpaired) electrons. The molecule has 0 amide bonds. The van der Waals surface area contributed by atoms with E-state index in [2.05, 4.69) is 10.1 Å². The van der Waals surface area contributed by atoms with Crippen LogP contribution in [-0.2, 0) is 9.47 Å². The van der Waals surface area contributed by atoms with Gasteiger partial charge in [-0.25, -0.2) is 0 Å². The molecular formula is C15H19F2NO3. The fourth-order valence-corrected chi connectivity index (χ4v) is 2.98. The highest BCUT2D eigenvalue weighted by atomic mass is 19.3. The van der Waals surface area contributed by atoms with Crippen molar-refractivity contribution in [1.29, 1.82) is 0 Å². The van der Waals surface area contributed by atoms with Crippen molar-refractivity contribution in [1.82, 2.24) is 0 Å². The maximum atomic E-state index is 12.1. The lowest BCUT2D eigenvalue weighted by Crippen LogP contribution is -2.44. The van der Waals surface area contributed by atoms with Gasteiger partial charge in [0.2, 0.25) is 0 Å². The Hall–Kier alpha value is -1.40. The summed E-state index contributed by atoms with van der Waals surface area (Å²) in [4.78, 5) is 0. The summed E-state index contributed by atoms with van der Waals surface area (Å²) in [5, 5.41) is 3.43. The van der Waals surface area contributed by atoms with Crippen molar-refractivity contribution < 1.29 is 23.0 Å². The molecule has 0 aromatic heterocycles. The van der Waals surface area contributed by atoms with E-state index >= 15 is 0 Å². The van der Waals surface area contributed by atoms with E-state index in [-0.39, 0.29) is 11.4 Å². The molecule has 1 aromatic rings. The van der Waals surface area contributed by atoms with E-state index in [0.29, 0.717) is 19.3 Å². The van der Waals surface area contributed by atoms with Gasteiger partial charge in [0.05, 0.1) is 12.2 Å². The third-order valence-electron chi connectivity index (χ3n) is 4.01. The molecule has 2 saturated heterocycles. The van der Waals surface area contributed by atoms with Crippen LogP contribution in [0.5, 0.6) is 5.75 Å². The van der Waals surface area contributed by atoms with Crippen LogP contribution in [0, 0.1) is 0 Å². The Bertz CT molecular complexity index is 460. The van der Waals surface area contributed by atoms with Gasteiger partial charge in [0.15, 0.2) is 0 Å². The largest absolute Gasteiger partial charge is 0.435 e. The monoisotopic (exact) mass is 299 g/mol. The first kappa shape index (κ1) is 14.5. The summed E-state index contributed by atoms with van der Waals surface area (Å²) in [6, 6.07) is 6.91. The van der Waals surface area contributed by atoms with Gasteiger partial charge in [-0.2, -0.15) is 8.78 Å². The van der Waals surface area contributed by atoms with E-state index < -0.39 is 6.61 Å². The number of alkyl halides is 2. The summed E-state index contributed by atoms with van der Waals surface area (Å²) in [5.41, 5.74) is 0.756. The van der Waals surface area contributed by atoms with Crippen molar-refractivity contribution in [3.05, 3.63) is 24.3 Å². The van der Waals surface area contributed by atoms with Crippen molar-refractivity contribution >= 4 is 5.69 Å². The van der Waals surface area contributed by atoms with Gasteiger partial charge in [0.1, 0.15) is 5.75 Å². The van der Waals surface area contributed by atoms with Crippen molar-refractivity contribution in [2.75, 3.05) is 25.1 Å². The second kappa shape index (κ2) is 6.15. The molecule has 2 aliphatic heterocycles. The lowest BCUT2D eigenvalue weighted by molar-refractivity contribution is -0.0828. The Balaban J connectivity index is 1.58. The van der Waals surface area contributed by atoms with Crippen molar-refractivity contribution in [3.63, 3.8) is 0 Å². The number of anilines is 1. The van der Waals surface area contributed by atoms with Crippen LogP contribution in [0.15, 0.2) is 24.3 Å². The van der Waals surface area contributed by atoms with Crippen LogP contribution in [0.4, 0.5) is 14.5 Å². The van der Waals surface area contributed by atoms with Gasteiger partial charge in [0, 0.05) is 31.4 Å². The van der Waals surface area contributed by atoms with Crippen LogP contribution in [0.25, 0.3) is 0 Å². The zero-order valence-electron chi connectivity index (χ0n) is 11.7. The van der Waals surface area contributed by atoms with Gasteiger partial charge < -0.3 is 19.5 Å². The number of benzene rings is 1. The quantitative estimate of drug-likeness (QED) is 0.927. The molecule has 3 rings (SSSR count). The standard InChI is InChI=1S/C15H19F2NO3/c16-14(17)21-13-3-1-11(2-4-13)18-12-5-7-20-15(9-12)6-8-19-10-15/h1-4,12,14,18H,5-10H2. The predicted octanol–water partition coefficient (Wildman–Crippen LogP) is 3.04. The highest BCUT2D eigenvalue weighted by Gasteiger charge is 2.40. The highest BCUT2D eigenvalue weighted by molar-refractivity contribution is 5.47. The fraction of sp³-hybridized carbons (Fsp3) is 0.600. The molecular weight excluding hydrogens is 280 g/mol. The average molecular weight is 299 g/mol. The fourth-order valence-electron chi connectivity index (χ4n) is 2.98. The Morgan fingerprint density at radius 2 is 2.05 bits per heavy atom. The molecule has 1 N–H and O–H groups in total. The summed E-state index contributed by atoms with van der Waals surface area (Å²) in [6.07, 6.45) is 2.77. The first-order valence-electron chi connectivity index (χ1n) is 7.18. The SMILES string of the molecule is FC(F)Oc1ccc(NC2CCOC3(CCOC3)C2)cc1. The number of nitrogens with one attached hydrogen (secondary N) is 1. The van der Waals surface area contributed by atoms with Crippen molar-refractivity contribution in [2.45, 2.75) is 37.5 Å². The molecule has 2 aliphatic rings.